The van der Waals surface area contributed by atoms with Crippen molar-refractivity contribution in [2.24, 2.45) is 4.99 Å². The molecule has 2 aromatic carbocycles. The van der Waals surface area contributed by atoms with Crippen LogP contribution in [0.15, 0.2) is 47.6 Å². The molecule has 0 bridgehead atoms. The Morgan fingerprint density at radius 3 is 2.92 bits per heavy atom. The molecule has 0 radical (unpaired) electrons. The van der Waals surface area contributed by atoms with E-state index in [2.05, 4.69) is 36.0 Å². The first-order valence-electron chi connectivity index (χ1n) is 12.0. The second-order valence-electron chi connectivity index (χ2n) is 8.81. The highest BCUT2D eigenvalue weighted by atomic mass is 16.5. The molecular weight excluding hydrogens is 460 g/mol. The van der Waals surface area contributed by atoms with E-state index in [0.29, 0.717) is 29.6 Å². The molecule has 4 heterocycles. The normalized spacial score (nSPS) is 17.9. The molecule has 1 saturated heterocycles. The van der Waals surface area contributed by atoms with Gasteiger partial charge in [0.15, 0.2) is 6.40 Å². The van der Waals surface area contributed by atoms with E-state index < -0.39 is 0 Å². The molecule has 11 heteroatoms. The predicted molar refractivity (Wildman–Crippen MR) is 134 cm³/mol. The standard InChI is InChI=1S/C25H26N8O3/c34-13-21-24(32-33-31-21)19-9-16-11-28-25(29-17-3-1-2-15(8-17)23-12-27-14-35-23)30-20(16)10-22(19)36-18-4-6-26-7-5-18/h1-3,8-11,14,18,23,26,34H,4-7,12-13H2,(H,28,29,30)(H,31,32,33). The van der Waals surface area contributed by atoms with Gasteiger partial charge in [0, 0.05) is 28.9 Å². The summed E-state index contributed by atoms with van der Waals surface area (Å²) in [5.41, 5.74) is 4.49. The van der Waals surface area contributed by atoms with Crippen LogP contribution >= 0.6 is 0 Å². The maximum Gasteiger partial charge on any atom is 0.227 e. The summed E-state index contributed by atoms with van der Waals surface area (Å²) < 4.78 is 12.0. The van der Waals surface area contributed by atoms with Crippen LogP contribution in [0.3, 0.4) is 0 Å². The summed E-state index contributed by atoms with van der Waals surface area (Å²) in [5.74, 6) is 1.14. The average molecular weight is 487 g/mol. The minimum Gasteiger partial charge on any atom is -0.490 e. The zero-order valence-corrected chi connectivity index (χ0v) is 19.5. The fourth-order valence-electron chi connectivity index (χ4n) is 4.51. The topological polar surface area (TPSA) is 142 Å². The molecule has 2 aliphatic rings. The number of piperidine rings is 1. The molecule has 0 amide bonds. The second kappa shape index (κ2) is 9.88. The minimum absolute atomic E-state index is 0.0711. The van der Waals surface area contributed by atoms with Crippen LogP contribution in [0.1, 0.15) is 30.2 Å². The summed E-state index contributed by atoms with van der Waals surface area (Å²) >= 11 is 0. The summed E-state index contributed by atoms with van der Waals surface area (Å²) in [7, 11) is 0. The number of nitrogens with one attached hydrogen (secondary N) is 3. The number of aliphatic hydroxyl groups excluding tert-OH is 1. The van der Waals surface area contributed by atoms with Crippen LogP contribution in [-0.4, -0.2) is 62.6 Å². The lowest BCUT2D eigenvalue weighted by Gasteiger charge is -2.25. The predicted octanol–water partition coefficient (Wildman–Crippen LogP) is 2.88. The van der Waals surface area contributed by atoms with Gasteiger partial charge in [-0.05, 0) is 49.7 Å². The van der Waals surface area contributed by atoms with E-state index >= 15 is 0 Å². The third kappa shape index (κ3) is 4.58. The van der Waals surface area contributed by atoms with Crippen LogP contribution < -0.4 is 15.4 Å². The molecule has 6 rings (SSSR count). The number of ether oxygens (including phenoxy) is 2. The Balaban J connectivity index is 1.33. The van der Waals surface area contributed by atoms with E-state index in [0.717, 1.165) is 53.6 Å². The Kier molecular flexibility index (Phi) is 6.14. The monoisotopic (exact) mass is 486 g/mol. The number of aromatic nitrogens is 5. The van der Waals surface area contributed by atoms with Crippen LogP contribution in [-0.2, 0) is 11.3 Å². The van der Waals surface area contributed by atoms with Gasteiger partial charge in [-0.3, -0.25) is 10.1 Å². The van der Waals surface area contributed by atoms with Gasteiger partial charge in [0.1, 0.15) is 23.7 Å². The number of aliphatic imine (C=N–C) groups is 1. The Morgan fingerprint density at radius 1 is 1.17 bits per heavy atom. The van der Waals surface area contributed by atoms with Crippen LogP contribution in [0.25, 0.3) is 22.2 Å². The third-order valence-electron chi connectivity index (χ3n) is 6.39. The molecule has 4 N–H and O–H groups in total. The minimum atomic E-state index is -0.229. The number of rotatable bonds is 7. The van der Waals surface area contributed by atoms with Crippen LogP contribution in [0.2, 0.25) is 0 Å². The van der Waals surface area contributed by atoms with E-state index in [9.17, 15) is 5.11 Å². The van der Waals surface area contributed by atoms with E-state index in [1.54, 1.807) is 6.20 Å². The van der Waals surface area contributed by atoms with Gasteiger partial charge in [-0.25, -0.2) is 9.97 Å². The molecule has 0 aliphatic carbocycles. The summed E-state index contributed by atoms with van der Waals surface area (Å²) in [6, 6.07) is 11.8. The number of nitrogens with zero attached hydrogens (tertiary/aromatic N) is 5. The molecule has 1 unspecified atom stereocenters. The van der Waals surface area contributed by atoms with E-state index in [-0.39, 0.29) is 18.8 Å². The summed E-state index contributed by atoms with van der Waals surface area (Å²) in [6.07, 6.45) is 5.10. The maximum atomic E-state index is 9.74. The lowest BCUT2D eigenvalue weighted by atomic mass is 10.0. The van der Waals surface area contributed by atoms with Gasteiger partial charge >= 0.3 is 0 Å². The van der Waals surface area contributed by atoms with Crippen molar-refractivity contribution in [2.75, 3.05) is 25.0 Å². The number of hydrogen-bond acceptors (Lipinski definition) is 10. The Bertz CT molecular complexity index is 1390. The van der Waals surface area contributed by atoms with Crippen molar-refractivity contribution in [3.8, 4) is 17.0 Å². The van der Waals surface area contributed by atoms with Gasteiger partial charge in [-0.1, -0.05) is 17.3 Å². The van der Waals surface area contributed by atoms with Crippen LogP contribution in [0, 0.1) is 0 Å². The maximum absolute atomic E-state index is 9.74. The zero-order valence-electron chi connectivity index (χ0n) is 19.5. The first-order valence-corrected chi connectivity index (χ1v) is 12.0. The fraction of sp³-hybridized carbons (Fsp3) is 0.320. The molecule has 36 heavy (non-hydrogen) atoms. The largest absolute Gasteiger partial charge is 0.490 e. The van der Waals surface area contributed by atoms with E-state index in [1.165, 1.54) is 6.40 Å². The van der Waals surface area contributed by atoms with Gasteiger partial charge in [-0.2, -0.15) is 0 Å². The van der Waals surface area contributed by atoms with E-state index in [4.69, 9.17) is 14.5 Å². The fourth-order valence-corrected chi connectivity index (χ4v) is 4.51. The van der Waals surface area contributed by atoms with Crippen molar-refractivity contribution in [3.05, 3.63) is 53.9 Å². The number of aromatic amines is 1. The molecule has 2 aromatic heterocycles. The number of H-pyrrole nitrogens is 1. The van der Waals surface area contributed by atoms with Crippen molar-refractivity contribution >= 4 is 28.9 Å². The summed E-state index contributed by atoms with van der Waals surface area (Å²) in [6.45, 7) is 2.21. The quantitative estimate of drug-likeness (QED) is 0.310. The lowest BCUT2D eigenvalue weighted by Crippen LogP contribution is -2.34. The molecule has 1 fully saturated rings. The van der Waals surface area contributed by atoms with Gasteiger partial charge in [0.05, 0.1) is 24.4 Å². The highest BCUT2D eigenvalue weighted by Gasteiger charge is 2.21. The SMILES string of the molecule is OCc1nn[nH]c1-c1cc2cnc(Nc3cccc(C4CN=CO4)c3)nc2cc1OC1CCNCC1. The lowest BCUT2D eigenvalue weighted by molar-refractivity contribution is 0.163. The number of aliphatic hydroxyl groups is 1. The number of benzene rings is 2. The van der Waals surface area contributed by atoms with Gasteiger partial charge in [-0.15, -0.1) is 5.10 Å². The summed E-state index contributed by atoms with van der Waals surface area (Å²) in [4.78, 5) is 13.4. The number of anilines is 2. The Hall–Kier alpha value is -4.09. The highest BCUT2D eigenvalue weighted by Crippen LogP contribution is 2.36. The molecule has 1 atom stereocenters. The number of fused-ring (bicyclic) bond motifs is 1. The average Bonchev–Trinajstić information content (AvgIpc) is 3.62. The van der Waals surface area contributed by atoms with Crippen molar-refractivity contribution < 1.29 is 14.6 Å². The Morgan fingerprint density at radius 2 is 2.08 bits per heavy atom. The molecule has 2 aliphatic heterocycles. The second-order valence-corrected chi connectivity index (χ2v) is 8.81. The first kappa shape index (κ1) is 22.4. The molecule has 0 saturated carbocycles. The van der Waals surface area contributed by atoms with E-state index in [1.807, 2.05) is 36.4 Å². The molecule has 184 valence electrons. The molecule has 4 aromatic rings. The van der Waals surface area contributed by atoms with Gasteiger partial charge < -0.3 is 25.2 Å². The smallest absolute Gasteiger partial charge is 0.227 e. The highest BCUT2D eigenvalue weighted by molar-refractivity contribution is 5.88. The Labute approximate surface area is 207 Å². The van der Waals surface area contributed by atoms with Crippen LogP contribution in [0.4, 0.5) is 11.6 Å². The van der Waals surface area contributed by atoms with Crippen molar-refractivity contribution in [2.45, 2.75) is 31.7 Å². The van der Waals surface area contributed by atoms with Crippen molar-refractivity contribution in [1.29, 1.82) is 0 Å². The first-order chi connectivity index (χ1) is 17.8. The summed E-state index contributed by atoms with van der Waals surface area (Å²) in [5, 5.41) is 28.0. The van der Waals surface area contributed by atoms with Gasteiger partial charge in [0.25, 0.3) is 0 Å². The third-order valence-corrected chi connectivity index (χ3v) is 6.39. The van der Waals surface area contributed by atoms with Gasteiger partial charge in [0.2, 0.25) is 5.95 Å². The van der Waals surface area contributed by atoms with Crippen LogP contribution in [0.5, 0.6) is 5.75 Å². The number of hydrogen-bond donors (Lipinski definition) is 4. The molecule has 11 nitrogen and oxygen atoms in total. The van der Waals surface area contributed by atoms with Crippen molar-refractivity contribution in [3.63, 3.8) is 0 Å². The van der Waals surface area contributed by atoms with Crippen molar-refractivity contribution in [1.82, 2.24) is 30.7 Å². The molecule has 0 spiro atoms. The zero-order chi connectivity index (χ0) is 24.3. The molecular formula is C25H26N8O3.